The molecule has 0 aromatic carbocycles. The zero-order valence-corrected chi connectivity index (χ0v) is 64.5. The molecule has 556 valence electrons. The van der Waals surface area contributed by atoms with Crippen molar-refractivity contribution in [1.82, 2.24) is 0 Å². The van der Waals surface area contributed by atoms with Gasteiger partial charge in [0.1, 0.15) is 19.8 Å². The van der Waals surface area contributed by atoms with Crippen molar-refractivity contribution in [3.63, 3.8) is 0 Å². The highest BCUT2D eigenvalue weighted by atomic mass is 31.2. The summed E-state index contributed by atoms with van der Waals surface area (Å²) in [6.45, 7) is 4.16. The first-order valence-electron chi connectivity index (χ1n) is 40.6. The van der Waals surface area contributed by atoms with Gasteiger partial charge < -0.3 is 27.9 Å². The Kier molecular flexibility index (Phi) is 73.2. The smallest absolute Gasteiger partial charge is 0.306 e. The standard InChI is InChI=1S/C86H154NO8P/c1-6-8-10-12-14-16-18-20-22-24-26-28-30-32-34-36-38-40-42-43-45-46-48-50-52-54-56-58-60-62-64-66-68-70-72-74-76-78-85(88)92-82-84(83-94-96(90,91)93-81-80-87(3,4)5)95-86(89)79-77-75-73-71-69-67-65-63-61-59-57-55-53-51-49-47-44-41-39-37-35-33-31-29-27-25-23-21-19-17-15-13-11-9-7-2/h9,11,15,17-18,20-21,23-24,26-27,29,33,35,39,41,47,49,84H,6-8,10,12-14,16,19,22,25,28,30-32,34,36-38,40,42-46,48,50-83H2,1-5H3/b11-9-,17-15-,20-18-,23-21-,26-24-,29-27-,35-33-,41-39-,49-47-. The summed E-state index contributed by atoms with van der Waals surface area (Å²) in [4.78, 5) is 38.2. The van der Waals surface area contributed by atoms with Crippen LogP contribution in [-0.4, -0.2) is 70.0 Å². The highest BCUT2D eigenvalue weighted by Gasteiger charge is 2.22. The van der Waals surface area contributed by atoms with Gasteiger partial charge in [-0.3, -0.25) is 14.2 Å². The fourth-order valence-corrected chi connectivity index (χ4v) is 12.3. The molecule has 0 fully saturated rings. The molecular weight excluding hydrogens is 1210 g/mol. The van der Waals surface area contributed by atoms with Crippen LogP contribution in [0.25, 0.3) is 0 Å². The molecule has 0 bridgehead atoms. The highest BCUT2D eigenvalue weighted by molar-refractivity contribution is 7.45. The van der Waals surface area contributed by atoms with E-state index in [1.54, 1.807) is 0 Å². The number of hydrogen-bond acceptors (Lipinski definition) is 8. The Bertz CT molecular complexity index is 1990. The van der Waals surface area contributed by atoms with E-state index < -0.39 is 26.5 Å². The van der Waals surface area contributed by atoms with E-state index >= 15 is 0 Å². The highest BCUT2D eigenvalue weighted by Crippen LogP contribution is 2.38. The Hall–Kier alpha value is -3.33. The van der Waals surface area contributed by atoms with Gasteiger partial charge in [0.05, 0.1) is 27.7 Å². The summed E-state index contributed by atoms with van der Waals surface area (Å²) >= 11 is 0. The van der Waals surface area contributed by atoms with Gasteiger partial charge in [0.2, 0.25) is 0 Å². The molecule has 0 saturated carbocycles. The first-order valence-corrected chi connectivity index (χ1v) is 42.1. The Labute approximate surface area is 595 Å². The Balaban J connectivity index is 3.95. The van der Waals surface area contributed by atoms with Crippen molar-refractivity contribution in [2.75, 3.05) is 47.5 Å². The zero-order chi connectivity index (χ0) is 69.7. The van der Waals surface area contributed by atoms with Crippen LogP contribution >= 0.6 is 7.82 Å². The fourth-order valence-electron chi connectivity index (χ4n) is 11.6. The second-order valence-electron chi connectivity index (χ2n) is 28.4. The maximum absolute atomic E-state index is 12.9. The van der Waals surface area contributed by atoms with Crippen LogP contribution in [0.2, 0.25) is 0 Å². The third-order valence-corrected chi connectivity index (χ3v) is 18.7. The van der Waals surface area contributed by atoms with Crippen molar-refractivity contribution in [2.24, 2.45) is 0 Å². The number of quaternary nitrogens is 1. The number of hydrogen-bond donors (Lipinski definition) is 0. The molecule has 0 heterocycles. The van der Waals surface area contributed by atoms with Crippen molar-refractivity contribution in [3.05, 3.63) is 109 Å². The monoisotopic (exact) mass is 1360 g/mol. The summed E-state index contributed by atoms with van der Waals surface area (Å²) in [6.07, 6.45) is 108. The minimum absolute atomic E-state index is 0.0328. The van der Waals surface area contributed by atoms with E-state index in [9.17, 15) is 19.0 Å². The van der Waals surface area contributed by atoms with Gasteiger partial charge in [0, 0.05) is 12.8 Å². The van der Waals surface area contributed by atoms with E-state index in [2.05, 4.69) is 123 Å². The summed E-state index contributed by atoms with van der Waals surface area (Å²) in [5.74, 6) is -0.822. The molecule has 0 rings (SSSR count). The average Bonchev–Trinajstić information content (AvgIpc) is 2.74. The Morgan fingerprint density at radius 2 is 0.594 bits per heavy atom. The lowest BCUT2D eigenvalue weighted by molar-refractivity contribution is -0.870. The molecule has 0 radical (unpaired) electrons. The molecule has 96 heavy (non-hydrogen) atoms. The van der Waals surface area contributed by atoms with Crippen LogP contribution in [-0.2, 0) is 32.7 Å². The van der Waals surface area contributed by atoms with Gasteiger partial charge in [-0.1, -0.05) is 367 Å². The topological polar surface area (TPSA) is 111 Å². The fraction of sp³-hybridized carbons (Fsp3) is 0.767. The van der Waals surface area contributed by atoms with Crippen LogP contribution < -0.4 is 4.89 Å². The number of phosphoric acid groups is 1. The van der Waals surface area contributed by atoms with Crippen molar-refractivity contribution >= 4 is 19.8 Å². The molecule has 0 spiro atoms. The molecule has 0 aliphatic heterocycles. The average molecular weight is 1360 g/mol. The van der Waals surface area contributed by atoms with Gasteiger partial charge in [-0.15, -0.1) is 0 Å². The van der Waals surface area contributed by atoms with Gasteiger partial charge in [-0.25, -0.2) is 0 Å². The zero-order valence-electron chi connectivity index (χ0n) is 63.6. The molecule has 0 aliphatic carbocycles. The summed E-state index contributed by atoms with van der Waals surface area (Å²) in [5, 5.41) is 0. The normalized spacial score (nSPS) is 13.6. The minimum Gasteiger partial charge on any atom is -0.756 e. The second-order valence-corrected chi connectivity index (χ2v) is 29.8. The van der Waals surface area contributed by atoms with Crippen molar-refractivity contribution in [2.45, 2.75) is 380 Å². The maximum Gasteiger partial charge on any atom is 0.306 e. The van der Waals surface area contributed by atoms with Gasteiger partial charge >= 0.3 is 11.9 Å². The number of likely N-dealkylation sites (N-methyl/N-ethyl adjacent to an activating group) is 1. The number of nitrogens with zero attached hydrogens (tertiary/aromatic N) is 1. The summed E-state index contributed by atoms with van der Waals surface area (Å²) in [6, 6.07) is 0. The lowest BCUT2D eigenvalue weighted by Gasteiger charge is -2.28. The first-order chi connectivity index (χ1) is 47.0. The van der Waals surface area contributed by atoms with Crippen LogP contribution in [0.5, 0.6) is 0 Å². The third kappa shape index (κ3) is 79.7. The number of unbranched alkanes of at least 4 members (excludes halogenated alkanes) is 43. The van der Waals surface area contributed by atoms with Crippen LogP contribution in [0.3, 0.4) is 0 Å². The molecule has 10 heteroatoms. The quantitative estimate of drug-likeness (QED) is 0.0195. The minimum atomic E-state index is -4.65. The van der Waals surface area contributed by atoms with E-state index in [1.165, 1.54) is 250 Å². The van der Waals surface area contributed by atoms with E-state index in [1.807, 2.05) is 21.1 Å². The largest absolute Gasteiger partial charge is 0.756 e. The molecule has 0 saturated heterocycles. The lowest BCUT2D eigenvalue weighted by Crippen LogP contribution is -2.37. The van der Waals surface area contributed by atoms with Gasteiger partial charge in [-0.2, -0.15) is 0 Å². The van der Waals surface area contributed by atoms with Gasteiger partial charge in [0.25, 0.3) is 7.82 Å². The second kappa shape index (κ2) is 75.9. The number of phosphoric ester groups is 1. The van der Waals surface area contributed by atoms with Crippen molar-refractivity contribution < 1.29 is 42.1 Å². The van der Waals surface area contributed by atoms with Crippen LogP contribution in [0.15, 0.2) is 109 Å². The van der Waals surface area contributed by atoms with Crippen molar-refractivity contribution in [3.8, 4) is 0 Å². The number of carbonyl (C=O) groups excluding carboxylic acids is 2. The number of rotatable bonds is 75. The number of ether oxygens (including phenoxy) is 2. The number of carbonyl (C=O) groups is 2. The maximum atomic E-state index is 12.9. The van der Waals surface area contributed by atoms with E-state index in [4.69, 9.17) is 18.5 Å². The molecule has 0 amide bonds. The summed E-state index contributed by atoms with van der Waals surface area (Å²) < 4.78 is 34.4. The van der Waals surface area contributed by atoms with Crippen LogP contribution in [0, 0.1) is 0 Å². The molecule has 0 aromatic rings. The van der Waals surface area contributed by atoms with E-state index in [0.717, 1.165) is 89.9 Å². The lowest BCUT2D eigenvalue weighted by atomic mass is 10.0. The van der Waals surface area contributed by atoms with Crippen LogP contribution in [0.1, 0.15) is 373 Å². The molecule has 9 nitrogen and oxygen atoms in total. The molecule has 0 N–H and O–H groups in total. The third-order valence-electron chi connectivity index (χ3n) is 17.8. The molecular formula is C86H154NO8P. The molecule has 0 aromatic heterocycles. The van der Waals surface area contributed by atoms with Crippen LogP contribution in [0.4, 0.5) is 0 Å². The van der Waals surface area contributed by atoms with Gasteiger partial charge in [-0.05, 0) is 103 Å². The van der Waals surface area contributed by atoms with E-state index in [0.29, 0.717) is 17.4 Å². The van der Waals surface area contributed by atoms with E-state index in [-0.39, 0.29) is 32.0 Å². The number of allylic oxidation sites excluding steroid dienone is 18. The number of esters is 2. The van der Waals surface area contributed by atoms with Gasteiger partial charge in [0.15, 0.2) is 6.10 Å². The summed E-state index contributed by atoms with van der Waals surface area (Å²) in [7, 11) is 1.17. The Morgan fingerprint density at radius 3 is 0.885 bits per heavy atom. The predicted octanol–water partition coefficient (Wildman–Crippen LogP) is 26.5. The molecule has 0 aliphatic rings. The van der Waals surface area contributed by atoms with Crippen molar-refractivity contribution in [1.29, 1.82) is 0 Å². The molecule has 2 unspecified atom stereocenters. The first kappa shape index (κ1) is 92.7. The predicted molar refractivity (Wildman–Crippen MR) is 415 cm³/mol. The molecule has 2 atom stereocenters. The SMILES string of the molecule is CC/C=C\C/C=C\C/C=C\C/C=C\C/C=C\C/C=C\C/C=C\CCCCCCCCCCCCCCCC(=O)OC(COC(=O)CCCCCCCCCCCCCCCCCCCCCCCCCCC/C=C\C/C=C\CCCCCCC)COP(=O)([O-])OCC[N+](C)(C)C. The summed E-state index contributed by atoms with van der Waals surface area (Å²) in [5.41, 5.74) is 0. The Morgan fingerprint density at radius 1 is 0.333 bits per heavy atom.